The predicted molar refractivity (Wildman–Crippen MR) is 114 cm³/mol. The molecule has 0 fully saturated rings. The molecular formula is C24H22N2O3. The zero-order valence-corrected chi connectivity index (χ0v) is 15.9. The Kier molecular flexibility index (Phi) is 6.79. The topological polar surface area (TPSA) is 67.4 Å². The second-order valence-corrected chi connectivity index (χ2v) is 6.33. The summed E-state index contributed by atoms with van der Waals surface area (Å²) in [5, 5.41) is 5.53. The van der Waals surface area contributed by atoms with Crippen molar-refractivity contribution in [2.24, 2.45) is 0 Å². The maximum absolute atomic E-state index is 12.4. The van der Waals surface area contributed by atoms with Crippen LogP contribution in [0.5, 0.6) is 5.75 Å². The number of rotatable bonds is 8. The molecule has 0 aliphatic rings. The molecule has 3 aromatic rings. The fourth-order valence-corrected chi connectivity index (χ4v) is 2.62. The number of carbonyl (C=O) groups is 2. The van der Waals surface area contributed by atoms with Gasteiger partial charge in [0, 0.05) is 23.4 Å². The minimum atomic E-state index is -0.249. The van der Waals surface area contributed by atoms with Crippen LogP contribution >= 0.6 is 0 Å². The average molecular weight is 386 g/mol. The van der Waals surface area contributed by atoms with Crippen molar-refractivity contribution in [1.82, 2.24) is 5.32 Å². The first kappa shape index (κ1) is 19.9. The summed E-state index contributed by atoms with van der Waals surface area (Å²) in [4.78, 5) is 24.3. The summed E-state index contributed by atoms with van der Waals surface area (Å²) in [5.74, 6) is 0.269. The van der Waals surface area contributed by atoms with Gasteiger partial charge in [-0.05, 0) is 54.1 Å². The lowest BCUT2D eigenvalue weighted by molar-refractivity contribution is 0.0956. The lowest BCUT2D eigenvalue weighted by atomic mass is 10.1. The molecule has 0 spiro atoms. The fraction of sp³-hybridized carbons (Fsp3) is 0.0833. The highest BCUT2D eigenvalue weighted by atomic mass is 16.5. The summed E-state index contributed by atoms with van der Waals surface area (Å²) >= 11 is 0. The van der Waals surface area contributed by atoms with Gasteiger partial charge in [-0.15, -0.1) is 6.58 Å². The molecule has 5 heteroatoms. The van der Waals surface area contributed by atoms with Gasteiger partial charge in [0.15, 0.2) is 0 Å². The van der Waals surface area contributed by atoms with Crippen LogP contribution in [0.2, 0.25) is 0 Å². The highest BCUT2D eigenvalue weighted by molar-refractivity contribution is 6.05. The van der Waals surface area contributed by atoms with Crippen molar-refractivity contribution in [2.45, 2.75) is 6.61 Å². The summed E-state index contributed by atoms with van der Waals surface area (Å²) in [7, 11) is 0. The predicted octanol–water partition coefficient (Wildman–Crippen LogP) is 4.43. The van der Waals surface area contributed by atoms with Crippen molar-refractivity contribution in [1.29, 1.82) is 0 Å². The Morgan fingerprint density at radius 1 is 0.828 bits per heavy atom. The number of amides is 2. The maximum Gasteiger partial charge on any atom is 0.255 e. The van der Waals surface area contributed by atoms with Crippen molar-refractivity contribution in [3.63, 3.8) is 0 Å². The Bertz CT molecular complexity index is 965. The highest BCUT2D eigenvalue weighted by Crippen LogP contribution is 2.18. The van der Waals surface area contributed by atoms with E-state index in [-0.39, 0.29) is 11.8 Å². The second kappa shape index (κ2) is 9.90. The van der Waals surface area contributed by atoms with E-state index in [1.165, 1.54) is 0 Å². The van der Waals surface area contributed by atoms with Gasteiger partial charge in [0.1, 0.15) is 12.4 Å². The molecule has 0 atom stereocenters. The normalized spacial score (nSPS) is 10.1. The highest BCUT2D eigenvalue weighted by Gasteiger charge is 2.09. The Morgan fingerprint density at radius 3 is 2.07 bits per heavy atom. The van der Waals surface area contributed by atoms with Crippen LogP contribution < -0.4 is 15.4 Å². The van der Waals surface area contributed by atoms with Crippen LogP contribution in [0.4, 0.5) is 5.69 Å². The smallest absolute Gasteiger partial charge is 0.255 e. The van der Waals surface area contributed by atoms with E-state index in [0.29, 0.717) is 30.0 Å². The third kappa shape index (κ3) is 5.81. The molecule has 0 aliphatic heterocycles. The summed E-state index contributed by atoms with van der Waals surface area (Å²) in [5.41, 5.74) is 2.71. The Morgan fingerprint density at radius 2 is 1.45 bits per heavy atom. The Balaban J connectivity index is 1.54. The van der Waals surface area contributed by atoms with E-state index in [9.17, 15) is 9.59 Å². The largest absolute Gasteiger partial charge is 0.489 e. The van der Waals surface area contributed by atoms with Crippen LogP contribution in [0.25, 0.3) is 0 Å². The molecule has 0 bridgehead atoms. The number of ether oxygens (including phenoxy) is 1. The van der Waals surface area contributed by atoms with E-state index in [4.69, 9.17) is 4.74 Å². The molecule has 2 N–H and O–H groups in total. The second-order valence-electron chi connectivity index (χ2n) is 6.33. The zero-order chi connectivity index (χ0) is 20.5. The van der Waals surface area contributed by atoms with Gasteiger partial charge in [0.25, 0.3) is 11.8 Å². The van der Waals surface area contributed by atoms with Gasteiger partial charge in [0.2, 0.25) is 0 Å². The zero-order valence-electron chi connectivity index (χ0n) is 15.9. The van der Waals surface area contributed by atoms with E-state index in [0.717, 1.165) is 11.3 Å². The monoisotopic (exact) mass is 386 g/mol. The van der Waals surface area contributed by atoms with Crippen molar-refractivity contribution in [3.8, 4) is 5.75 Å². The van der Waals surface area contributed by atoms with Gasteiger partial charge in [0.05, 0.1) is 0 Å². The molecule has 0 unspecified atom stereocenters. The van der Waals surface area contributed by atoms with E-state index in [1.54, 1.807) is 42.5 Å². The lowest BCUT2D eigenvalue weighted by Gasteiger charge is -2.09. The molecule has 5 nitrogen and oxygen atoms in total. The first-order chi connectivity index (χ1) is 14.2. The Hall–Kier alpha value is -3.86. The van der Waals surface area contributed by atoms with Crippen molar-refractivity contribution in [3.05, 3.63) is 108 Å². The SMILES string of the molecule is C=CCNC(=O)c1ccc(C(=O)Nc2ccc(OCc3ccccc3)cc2)cc1. The van der Waals surface area contributed by atoms with Gasteiger partial charge in [-0.3, -0.25) is 9.59 Å². The molecule has 0 aliphatic carbocycles. The summed E-state index contributed by atoms with van der Waals surface area (Å²) in [6.07, 6.45) is 1.61. The van der Waals surface area contributed by atoms with Gasteiger partial charge in [-0.25, -0.2) is 0 Å². The molecule has 0 saturated heterocycles. The number of carbonyl (C=O) groups excluding carboxylic acids is 2. The number of hydrogen-bond donors (Lipinski definition) is 2. The minimum absolute atomic E-state index is 0.206. The average Bonchev–Trinajstić information content (AvgIpc) is 2.77. The van der Waals surface area contributed by atoms with Gasteiger partial charge < -0.3 is 15.4 Å². The molecule has 0 radical (unpaired) electrons. The summed E-state index contributed by atoms with van der Waals surface area (Å²) in [6.45, 7) is 4.44. The minimum Gasteiger partial charge on any atom is -0.489 e. The van der Waals surface area contributed by atoms with E-state index >= 15 is 0 Å². The van der Waals surface area contributed by atoms with Crippen LogP contribution in [0.15, 0.2) is 91.5 Å². The lowest BCUT2D eigenvalue weighted by Crippen LogP contribution is -2.23. The van der Waals surface area contributed by atoms with Crippen molar-refractivity contribution < 1.29 is 14.3 Å². The standard InChI is InChI=1S/C24H22N2O3/c1-2-16-25-23(27)19-8-10-20(11-9-19)24(28)26-21-12-14-22(15-13-21)29-17-18-6-4-3-5-7-18/h2-15H,1,16-17H2,(H,25,27)(H,26,28). The molecule has 2 amide bonds. The quantitative estimate of drug-likeness (QED) is 0.563. The molecule has 0 heterocycles. The van der Waals surface area contributed by atoms with Crippen LogP contribution in [-0.4, -0.2) is 18.4 Å². The molecule has 0 saturated carbocycles. The van der Waals surface area contributed by atoms with E-state index in [1.807, 2.05) is 42.5 Å². The van der Waals surface area contributed by atoms with Crippen molar-refractivity contribution >= 4 is 17.5 Å². The molecule has 29 heavy (non-hydrogen) atoms. The third-order valence-corrected chi connectivity index (χ3v) is 4.18. The first-order valence-corrected chi connectivity index (χ1v) is 9.23. The summed E-state index contributed by atoms with van der Waals surface area (Å²) < 4.78 is 5.74. The van der Waals surface area contributed by atoms with Crippen LogP contribution in [0, 0.1) is 0 Å². The number of benzene rings is 3. The van der Waals surface area contributed by atoms with E-state index < -0.39 is 0 Å². The van der Waals surface area contributed by atoms with Crippen LogP contribution in [0.3, 0.4) is 0 Å². The van der Waals surface area contributed by atoms with Gasteiger partial charge >= 0.3 is 0 Å². The number of anilines is 1. The maximum atomic E-state index is 12.4. The number of nitrogens with one attached hydrogen (secondary N) is 2. The molecular weight excluding hydrogens is 364 g/mol. The fourth-order valence-electron chi connectivity index (χ4n) is 2.62. The first-order valence-electron chi connectivity index (χ1n) is 9.23. The molecule has 3 aromatic carbocycles. The molecule has 3 rings (SSSR count). The number of hydrogen-bond acceptors (Lipinski definition) is 3. The van der Waals surface area contributed by atoms with E-state index in [2.05, 4.69) is 17.2 Å². The van der Waals surface area contributed by atoms with Gasteiger partial charge in [-0.1, -0.05) is 36.4 Å². The molecule has 146 valence electrons. The van der Waals surface area contributed by atoms with Gasteiger partial charge in [-0.2, -0.15) is 0 Å². The third-order valence-electron chi connectivity index (χ3n) is 4.18. The van der Waals surface area contributed by atoms with Crippen molar-refractivity contribution in [2.75, 3.05) is 11.9 Å². The van der Waals surface area contributed by atoms with Crippen LogP contribution in [0.1, 0.15) is 26.3 Å². The van der Waals surface area contributed by atoms with Crippen LogP contribution in [-0.2, 0) is 6.61 Å². The Labute approximate surface area is 170 Å². The molecule has 0 aromatic heterocycles. The summed E-state index contributed by atoms with van der Waals surface area (Å²) in [6, 6.07) is 23.6.